The van der Waals surface area contributed by atoms with Gasteiger partial charge in [0.05, 0.1) is 0 Å². The summed E-state index contributed by atoms with van der Waals surface area (Å²) in [5.74, 6) is 0.375. The highest BCUT2D eigenvalue weighted by Crippen LogP contribution is 2.30. The first-order valence-electron chi connectivity index (χ1n) is 6.59. The van der Waals surface area contributed by atoms with E-state index in [-0.39, 0.29) is 11.7 Å². The Morgan fingerprint density at radius 1 is 1.37 bits per heavy atom. The lowest BCUT2D eigenvalue weighted by Gasteiger charge is -2.28. The van der Waals surface area contributed by atoms with Crippen molar-refractivity contribution in [3.8, 4) is 0 Å². The Morgan fingerprint density at radius 2 is 2.11 bits per heavy atom. The van der Waals surface area contributed by atoms with Crippen molar-refractivity contribution in [3.63, 3.8) is 0 Å². The van der Waals surface area contributed by atoms with Crippen LogP contribution in [0.25, 0.3) is 0 Å². The van der Waals surface area contributed by atoms with Gasteiger partial charge in [0.15, 0.2) is 0 Å². The van der Waals surface area contributed by atoms with Gasteiger partial charge in [-0.05, 0) is 37.1 Å². The molecule has 0 radical (unpaired) electrons. The van der Waals surface area contributed by atoms with Gasteiger partial charge in [-0.15, -0.1) is 0 Å². The molecular formula is C15H20N2O2. The standard InChI is InChI=1S/C15H20N2O2/c1-11(18)8-9-16(2)13-5-6-14-12(10-13)4-7-15(19)17(14)3/h5-6,10H,4,7-9H2,1-3H3. The van der Waals surface area contributed by atoms with Crippen LogP contribution in [0.5, 0.6) is 0 Å². The van der Waals surface area contributed by atoms with Gasteiger partial charge in [0.2, 0.25) is 5.91 Å². The maximum Gasteiger partial charge on any atom is 0.227 e. The molecule has 0 bridgehead atoms. The highest BCUT2D eigenvalue weighted by Gasteiger charge is 2.21. The molecule has 1 aromatic rings. The molecule has 102 valence electrons. The number of Topliss-reactive ketones (excluding diaryl/α,β-unsaturated/α-hetero) is 1. The third-order valence-corrected chi connectivity index (χ3v) is 3.65. The summed E-state index contributed by atoms with van der Waals surface area (Å²) in [6.45, 7) is 2.34. The van der Waals surface area contributed by atoms with Crippen LogP contribution in [0.1, 0.15) is 25.3 Å². The molecule has 4 heteroatoms. The quantitative estimate of drug-likeness (QED) is 0.831. The molecule has 1 heterocycles. The lowest BCUT2D eigenvalue weighted by Crippen LogP contribution is -2.31. The van der Waals surface area contributed by atoms with E-state index in [1.165, 1.54) is 5.56 Å². The van der Waals surface area contributed by atoms with Crippen molar-refractivity contribution < 1.29 is 9.59 Å². The van der Waals surface area contributed by atoms with E-state index in [0.29, 0.717) is 12.8 Å². The Bertz CT molecular complexity index is 511. The normalized spacial score (nSPS) is 14.3. The first-order valence-corrected chi connectivity index (χ1v) is 6.59. The van der Waals surface area contributed by atoms with Gasteiger partial charge in [-0.1, -0.05) is 0 Å². The molecule has 19 heavy (non-hydrogen) atoms. The van der Waals surface area contributed by atoms with E-state index >= 15 is 0 Å². The molecule has 0 aromatic heterocycles. The molecule has 0 N–H and O–H groups in total. The fourth-order valence-electron chi connectivity index (χ4n) is 2.33. The molecule has 0 aliphatic carbocycles. The number of benzene rings is 1. The van der Waals surface area contributed by atoms with E-state index < -0.39 is 0 Å². The molecule has 1 aromatic carbocycles. The minimum absolute atomic E-state index is 0.171. The molecule has 0 saturated heterocycles. The summed E-state index contributed by atoms with van der Waals surface area (Å²) in [6.07, 6.45) is 1.93. The lowest BCUT2D eigenvalue weighted by molar-refractivity contribution is -0.118. The summed E-state index contributed by atoms with van der Waals surface area (Å²) in [6, 6.07) is 6.12. The molecule has 0 spiro atoms. The molecule has 0 saturated carbocycles. The van der Waals surface area contributed by atoms with Crippen LogP contribution < -0.4 is 9.80 Å². The van der Waals surface area contributed by atoms with Crippen LogP contribution in [0, 0.1) is 0 Å². The molecular weight excluding hydrogens is 240 g/mol. The smallest absolute Gasteiger partial charge is 0.227 e. The third kappa shape index (κ3) is 2.95. The fraction of sp³-hybridized carbons (Fsp3) is 0.467. The summed E-state index contributed by atoms with van der Waals surface area (Å²) >= 11 is 0. The van der Waals surface area contributed by atoms with Gasteiger partial charge in [-0.3, -0.25) is 9.59 Å². The van der Waals surface area contributed by atoms with E-state index in [1.54, 1.807) is 11.8 Å². The van der Waals surface area contributed by atoms with Gasteiger partial charge in [-0.25, -0.2) is 0 Å². The fourth-order valence-corrected chi connectivity index (χ4v) is 2.33. The van der Waals surface area contributed by atoms with Crippen molar-refractivity contribution in [2.24, 2.45) is 0 Å². The summed E-state index contributed by atoms with van der Waals surface area (Å²) in [4.78, 5) is 26.5. The number of aryl methyl sites for hydroxylation is 1. The van der Waals surface area contributed by atoms with E-state index in [2.05, 4.69) is 11.0 Å². The maximum absolute atomic E-state index is 11.6. The van der Waals surface area contributed by atoms with E-state index in [4.69, 9.17) is 0 Å². The number of rotatable bonds is 4. The second-order valence-electron chi connectivity index (χ2n) is 5.14. The molecule has 0 atom stereocenters. The number of ketones is 1. The lowest BCUT2D eigenvalue weighted by atomic mass is 10.0. The Balaban J connectivity index is 2.17. The average molecular weight is 260 g/mol. The van der Waals surface area contributed by atoms with E-state index in [0.717, 1.165) is 24.3 Å². The molecule has 0 fully saturated rings. The van der Waals surface area contributed by atoms with Crippen LogP contribution in [0.4, 0.5) is 11.4 Å². The van der Waals surface area contributed by atoms with E-state index in [1.807, 2.05) is 26.2 Å². The van der Waals surface area contributed by atoms with Crippen molar-refractivity contribution in [2.45, 2.75) is 26.2 Å². The van der Waals surface area contributed by atoms with Crippen LogP contribution in [0.2, 0.25) is 0 Å². The van der Waals surface area contributed by atoms with E-state index in [9.17, 15) is 9.59 Å². The third-order valence-electron chi connectivity index (χ3n) is 3.65. The zero-order valence-corrected chi connectivity index (χ0v) is 11.8. The van der Waals surface area contributed by atoms with Crippen LogP contribution in [-0.4, -0.2) is 32.3 Å². The maximum atomic E-state index is 11.6. The van der Waals surface area contributed by atoms with Crippen molar-refractivity contribution in [3.05, 3.63) is 23.8 Å². The number of carbonyl (C=O) groups excluding carboxylic acids is 2. The van der Waals surface area contributed by atoms with Crippen molar-refractivity contribution in [1.82, 2.24) is 0 Å². The zero-order valence-electron chi connectivity index (χ0n) is 11.8. The molecule has 1 aliphatic heterocycles. The van der Waals surface area contributed by atoms with Gasteiger partial charge in [0.25, 0.3) is 0 Å². The highest BCUT2D eigenvalue weighted by atomic mass is 16.2. The molecule has 0 unspecified atom stereocenters. The topological polar surface area (TPSA) is 40.6 Å². The van der Waals surface area contributed by atoms with Crippen molar-refractivity contribution >= 4 is 23.1 Å². The Morgan fingerprint density at radius 3 is 2.79 bits per heavy atom. The molecule has 2 rings (SSSR count). The monoisotopic (exact) mass is 260 g/mol. The summed E-state index contributed by atoms with van der Waals surface area (Å²) in [5.41, 5.74) is 3.30. The largest absolute Gasteiger partial charge is 0.374 e. The van der Waals surface area contributed by atoms with Crippen LogP contribution in [0.15, 0.2) is 18.2 Å². The minimum atomic E-state index is 0.171. The predicted molar refractivity (Wildman–Crippen MR) is 76.7 cm³/mol. The summed E-state index contributed by atoms with van der Waals surface area (Å²) in [7, 11) is 3.81. The molecule has 4 nitrogen and oxygen atoms in total. The van der Waals surface area contributed by atoms with Gasteiger partial charge in [0, 0.05) is 44.9 Å². The Hall–Kier alpha value is -1.84. The Labute approximate surface area is 114 Å². The Kier molecular flexibility index (Phi) is 3.88. The van der Waals surface area contributed by atoms with Crippen LogP contribution in [-0.2, 0) is 16.0 Å². The first-order chi connectivity index (χ1) is 8.99. The summed E-state index contributed by atoms with van der Waals surface area (Å²) in [5, 5.41) is 0. The second-order valence-corrected chi connectivity index (χ2v) is 5.14. The second kappa shape index (κ2) is 5.43. The SMILES string of the molecule is CC(=O)CCN(C)c1ccc2c(c1)CCC(=O)N2C. The van der Waals surface area contributed by atoms with Crippen molar-refractivity contribution in [2.75, 3.05) is 30.4 Å². The zero-order chi connectivity index (χ0) is 14.0. The number of fused-ring (bicyclic) bond motifs is 1. The number of nitrogens with zero attached hydrogens (tertiary/aromatic N) is 2. The minimum Gasteiger partial charge on any atom is -0.374 e. The van der Waals surface area contributed by atoms with Gasteiger partial charge in [-0.2, -0.15) is 0 Å². The summed E-state index contributed by atoms with van der Waals surface area (Å²) < 4.78 is 0. The van der Waals surface area contributed by atoms with Crippen LogP contribution in [0.3, 0.4) is 0 Å². The van der Waals surface area contributed by atoms with Crippen molar-refractivity contribution in [1.29, 1.82) is 0 Å². The number of amides is 1. The van der Waals surface area contributed by atoms with Gasteiger partial charge < -0.3 is 9.80 Å². The van der Waals surface area contributed by atoms with Gasteiger partial charge in [0.1, 0.15) is 5.78 Å². The first kappa shape index (κ1) is 13.6. The van der Waals surface area contributed by atoms with Crippen LogP contribution >= 0.6 is 0 Å². The van der Waals surface area contributed by atoms with Gasteiger partial charge >= 0.3 is 0 Å². The number of anilines is 2. The molecule has 1 amide bonds. The number of hydrogen-bond donors (Lipinski definition) is 0. The average Bonchev–Trinajstić information content (AvgIpc) is 2.40. The highest BCUT2D eigenvalue weighted by molar-refractivity contribution is 5.96. The number of hydrogen-bond acceptors (Lipinski definition) is 3. The molecule has 1 aliphatic rings. The number of carbonyl (C=O) groups is 2. The predicted octanol–water partition coefficient (Wildman–Crippen LogP) is 2.01.